The lowest BCUT2D eigenvalue weighted by Crippen LogP contribution is -2.24. The van der Waals surface area contributed by atoms with Crippen LogP contribution in [0.25, 0.3) is 0 Å². The topological polar surface area (TPSA) is 26.3 Å². The van der Waals surface area contributed by atoms with Crippen LogP contribution in [-0.2, 0) is 9.53 Å². The first-order valence-electron chi connectivity index (χ1n) is 5.99. The summed E-state index contributed by atoms with van der Waals surface area (Å²) in [4.78, 5) is 11.5. The Kier molecular flexibility index (Phi) is 1.80. The van der Waals surface area contributed by atoms with Crippen molar-refractivity contribution < 1.29 is 9.53 Å². The van der Waals surface area contributed by atoms with E-state index in [1.807, 2.05) is 6.08 Å². The maximum Gasteiger partial charge on any atom is 0.309 e. The minimum atomic E-state index is -0.0298. The summed E-state index contributed by atoms with van der Waals surface area (Å²) < 4.78 is 5.52. The van der Waals surface area contributed by atoms with Gasteiger partial charge in [0.2, 0.25) is 0 Å². The predicted molar refractivity (Wildman–Crippen MR) is 57.1 cm³/mol. The van der Waals surface area contributed by atoms with Gasteiger partial charge in [0.15, 0.2) is 0 Å². The van der Waals surface area contributed by atoms with Gasteiger partial charge in [0.25, 0.3) is 0 Å². The molecule has 3 rings (SSSR count). The van der Waals surface area contributed by atoms with Crippen LogP contribution in [0.1, 0.15) is 32.6 Å². The van der Waals surface area contributed by atoms with Crippen LogP contribution in [0, 0.1) is 23.7 Å². The molecule has 5 unspecified atom stereocenters. The molecule has 15 heavy (non-hydrogen) atoms. The summed E-state index contributed by atoms with van der Waals surface area (Å²) in [5.41, 5.74) is -0.0298. The number of rotatable bonds is 3. The maximum absolute atomic E-state index is 11.5. The minimum absolute atomic E-state index is 0.0298. The molecule has 1 spiro atoms. The second-order valence-electron chi connectivity index (χ2n) is 5.70. The van der Waals surface area contributed by atoms with Crippen LogP contribution >= 0.6 is 0 Å². The van der Waals surface area contributed by atoms with Crippen LogP contribution in [0.5, 0.6) is 0 Å². The molecule has 1 saturated heterocycles. The van der Waals surface area contributed by atoms with E-state index in [9.17, 15) is 4.79 Å². The number of hydrogen-bond acceptors (Lipinski definition) is 2. The van der Waals surface area contributed by atoms with Gasteiger partial charge in [-0.05, 0) is 37.0 Å². The SMILES string of the molecule is C=CC(C)CC1CC23CC(C(=O)O2)C1C3. The third-order valence-corrected chi connectivity index (χ3v) is 4.65. The van der Waals surface area contributed by atoms with Gasteiger partial charge in [-0.1, -0.05) is 13.0 Å². The highest BCUT2D eigenvalue weighted by Crippen LogP contribution is 2.62. The molecular weight excluding hydrogens is 188 g/mol. The number of fused-ring (bicyclic) bond motifs is 3. The molecule has 0 aromatic carbocycles. The number of hydrogen-bond donors (Lipinski definition) is 0. The normalized spacial score (nSPS) is 48.1. The average molecular weight is 206 g/mol. The molecular formula is C13H18O2. The highest BCUT2D eigenvalue weighted by atomic mass is 16.6. The highest BCUT2D eigenvalue weighted by molar-refractivity contribution is 5.77. The third kappa shape index (κ3) is 1.20. The fourth-order valence-corrected chi connectivity index (χ4v) is 4.00. The van der Waals surface area contributed by atoms with Crippen molar-refractivity contribution in [1.29, 1.82) is 0 Å². The van der Waals surface area contributed by atoms with Gasteiger partial charge < -0.3 is 4.74 Å². The molecule has 3 aliphatic rings. The fraction of sp³-hybridized carbons (Fsp3) is 0.769. The summed E-state index contributed by atoms with van der Waals surface area (Å²) in [7, 11) is 0. The molecule has 0 N–H and O–H groups in total. The lowest BCUT2D eigenvalue weighted by atomic mass is 9.77. The summed E-state index contributed by atoms with van der Waals surface area (Å²) in [6.45, 7) is 6.04. The first-order valence-corrected chi connectivity index (χ1v) is 5.99. The number of carbonyl (C=O) groups excluding carboxylic acids is 1. The van der Waals surface area contributed by atoms with Gasteiger partial charge >= 0.3 is 5.97 Å². The van der Waals surface area contributed by atoms with Crippen LogP contribution in [0.2, 0.25) is 0 Å². The number of carbonyl (C=O) groups is 1. The van der Waals surface area contributed by atoms with Crippen molar-refractivity contribution in [2.24, 2.45) is 23.7 Å². The summed E-state index contributed by atoms with van der Waals surface area (Å²) in [6, 6.07) is 0. The van der Waals surface area contributed by atoms with E-state index in [0.29, 0.717) is 17.8 Å². The van der Waals surface area contributed by atoms with Gasteiger partial charge in [0, 0.05) is 6.42 Å². The zero-order valence-corrected chi connectivity index (χ0v) is 9.24. The Morgan fingerprint density at radius 2 is 2.40 bits per heavy atom. The van der Waals surface area contributed by atoms with Gasteiger partial charge in [-0.2, -0.15) is 0 Å². The van der Waals surface area contributed by atoms with Crippen LogP contribution in [0.15, 0.2) is 12.7 Å². The second-order valence-corrected chi connectivity index (χ2v) is 5.70. The van der Waals surface area contributed by atoms with Crippen LogP contribution < -0.4 is 0 Å². The van der Waals surface area contributed by atoms with Crippen molar-refractivity contribution in [3.63, 3.8) is 0 Å². The highest BCUT2D eigenvalue weighted by Gasteiger charge is 2.65. The van der Waals surface area contributed by atoms with Gasteiger partial charge in [-0.25, -0.2) is 0 Å². The number of allylic oxidation sites excluding steroid dienone is 1. The second kappa shape index (κ2) is 2.87. The minimum Gasteiger partial charge on any atom is -0.459 e. The third-order valence-electron chi connectivity index (χ3n) is 4.65. The summed E-state index contributed by atoms with van der Waals surface area (Å²) in [5, 5.41) is 0. The van der Waals surface area contributed by atoms with Gasteiger partial charge in [0.05, 0.1) is 5.92 Å². The van der Waals surface area contributed by atoms with Gasteiger partial charge in [-0.3, -0.25) is 4.79 Å². The molecule has 5 atom stereocenters. The molecule has 1 heterocycles. The van der Waals surface area contributed by atoms with Crippen LogP contribution in [0.3, 0.4) is 0 Å². The van der Waals surface area contributed by atoms with E-state index >= 15 is 0 Å². The zero-order valence-electron chi connectivity index (χ0n) is 9.24. The first kappa shape index (κ1) is 9.44. The summed E-state index contributed by atoms with van der Waals surface area (Å²) >= 11 is 0. The largest absolute Gasteiger partial charge is 0.459 e. The molecule has 0 radical (unpaired) electrons. The molecule has 1 aliphatic heterocycles. The van der Waals surface area contributed by atoms with Crippen molar-refractivity contribution in [2.45, 2.75) is 38.2 Å². The van der Waals surface area contributed by atoms with Crippen LogP contribution in [0.4, 0.5) is 0 Å². The van der Waals surface area contributed by atoms with E-state index in [-0.39, 0.29) is 17.5 Å². The molecule has 0 amide bonds. The van der Waals surface area contributed by atoms with Gasteiger partial charge in [-0.15, -0.1) is 6.58 Å². The van der Waals surface area contributed by atoms with E-state index in [4.69, 9.17) is 4.74 Å². The predicted octanol–water partition coefficient (Wildman–Crippen LogP) is 2.54. The van der Waals surface area contributed by atoms with E-state index in [0.717, 1.165) is 19.3 Å². The van der Waals surface area contributed by atoms with Crippen molar-refractivity contribution in [3.05, 3.63) is 12.7 Å². The lowest BCUT2D eigenvalue weighted by Gasteiger charge is -2.25. The molecule has 2 aliphatic carbocycles. The molecule has 3 bridgehead atoms. The first-order chi connectivity index (χ1) is 7.13. The smallest absolute Gasteiger partial charge is 0.309 e. The Hall–Kier alpha value is -0.790. The maximum atomic E-state index is 11.5. The summed E-state index contributed by atoms with van der Waals surface area (Å²) in [6.07, 6.45) is 6.46. The average Bonchev–Trinajstić information content (AvgIpc) is 2.78. The standard InChI is InChI=1S/C13H18O2/c1-3-8(2)4-9-5-13-6-10(9)11(7-13)12(14)15-13/h3,8-11H,1,4-7H2,2H3. The van der Waals surface area contributed by atoms with E-state index in [1.54, 1.807) is 0 Å². The quantitative estimate of drug-likeness (QED) is 0.524. The fourth-order valence-electron chi connectivity index (χ4n) is 4.00. The van der Waals surface area contributed by atoms with E-state index < -0.39 is 0 Å². The Bertz CT molecular complexity index is 322. The molecule has 3 fully saturated rings. The Morgan fingerprint density at radius 3 is 3.07 bits per heavy atom. The number of esters is 1. The number of ether oxygens (including phenoxy) is 1. The van der Waals surface area contributed by atoms with Crippen molar-refractivity contribution in [1.82, 2.24) is 0 Å². The van der Waals surface area contributed by atoms with E-state index in [1.165, 1.54) is 6.42 Å². The molecule has 2 heteroatoms. The van der Waals surface area contributed by atoms with Crippen LogP contribution in [-0.4, -0.2) is 11.6 Å². The monoisotopic (exact) mass is 206 g/mol. The lowest BCUT2D eigenvalue weighted by molar-refractivity contribution is -0.154. The molecule has 0 aromatic heterocycles. The zero-order chi connectivity index (χ0) is 10.6. The van der Waals surface area contributed by atoms with Crippen molar-refractivity contribution in [2.75, 3.05) is 0 Å². The summed E-state index contributed by atoms with van der Waals surface area (Å²) in [5.74, 6) is 2.21. The molecule has 2 saturated carbocycles. The Labute approximate surface area is 90.7 Å². The molecule has 2 nitrogen and oxygen atoms in total. The molecule has 0 aromatic rings. The molecule has 82 valence electrons. The van der Waals surface area contributed by atoms with Crippen molar-refractivity contribution >= 4 is 5.97 Å². The van der Waals surface area contributed by atoms with Crippen molar-refractivity contribution in [3.8, 4) is 0 Å². The van der Waals surface area contributed by atoms with Gasteiger partial charge in [0.1, 0.15) is 5.60 Å². The Balaban J connectivity index is 1.76. The Morgan fingerprint density at radius 1 is 1.60 bits per heavy atom. The van der Waals surface area contributed by atoms with E-state index in [2.05, 4.69) is 13.5 Å².